The Hall–Kier alpha value is -1.75. The van der Waals surface area contributed by atoms with Crippen LogP contribution in [0.4, 0.5) is 13.2 Å². The van der Waals surface area contributed by atoms with Crippen molar-refractivity contribution < 1.29 is 22.6 Å². The molecule has 1 unspecified atom stereocenters. The lowest BCUT2D eigenvalue weighted by molar-refractivity contribution is -0.242. The molecule has 94 valence electrons. The summed E-state index contributed by atoms with van der Waals surface area (Å²) < 4.78 is 47.3. The molecular formula is C13H9F3O2. The number of fused-ring (bicyclic) bond motifs is 1. The SMILES string of the molecule is FC(F)(F)C1(Oc2ccc3ccccc3c2)CO1. The van der Waals surface area contributed by atoms with E-state index in [1.807, 2.05) is 24.3 Å². The second-order valence-corrected chi connectivity index (χ2v) is 4.15. The Morgan fingerprint density at radius 2 is 1.72 bits per heavy atom. The number of benzene rings is 2. The molecule has 0 radical (unpaired) electrons. The first-order valence-electron chi connectivity index (χ1n) is 5.39. The van der Waals surface area contributed by atoms with Gasteiger partial charge in [-0.15, -0.1) is 0 Å². The maximum atomic E-state index is 12.6. The minimum atomic E-state index is -4.52. The summed E-state index contributed by atoms with van der Waals surface area (Å²) in [6, 6.07) is 12.2. The van der Waals surface area contributed by atoms with E-state index in [4.69, 9.17) is 4.74 Å². The van der Waals surface area contributed by atoms with Crippen molar-refractivity contribution in [2.24, 2.45) is 0 Å². The molecule has 5 heteroatoms. The Labute approximate surface area is 101 Å². The zero-order chi connectivity index (χ0) is 12.8. The Bertz CT molecular complexity index is 588. The van der Waals surface area contributed by atoms with Crippen LogP contribution in [0.25, 0.3) is 10.8 Å². The number of hydrogen-bond donors (Lipinski definition) is 0. The summed E-state index contributed by atoms with van der Waals surface area (Å²) in [5.41, 5.74) is 0. The van der Waals surface area contributed by atoms with E-state index < -0.39 is 18.6 Å². The highest BCUT2D eigenvalue weighted by atomic mass is 19.4. The number of hydrogen-bond acceptors (Lipinski definition) is 2. The van der Waals surface area contributed by atoms with Crippen LogP contribution in [0, 0.1) is 0 Å². The van der Waals surface area contributed by atoms with Crippen molar-refractivity contribution in [3.63, 3.8) is 0 Å². The van der Waals surface area contributed by atoms with Crippen LogP contribution in [0.2, 0.25) is 0 Å². The molecule has 0 aromatic heterocycles. The number of rotatable bonds is 2. The third-order valence-corrected chi connectivity index (χ3v) is 2.84. The van der Waals surface area contributed by atoms with Gasteiger partial charge in [0.25, 0.3) is 0 Å². The zero-order valence-corrected chi connectivity index (χ0v) is 9.20. The maximum absolute atomic E-state index is 12.6. The second kappa shape index (κ2) is 3.62. The van der Waals surface area contributed by atoms with E-state index >= 15 is 0 Å². The number of halogens is 3. The van der Waals surface area contributed by atoms with Crippen molar-refractivity contribution in [1.29, 1.82) is 0 Å². The molecular weight excluding hydrogens is 245 g/mol. The standard InChI is InChI=1S/C13H9F3O2/c14-13(15,16)12(8-17-12)18-11-6-5-9-3-1-2-4-10(9)7-11/h1-7H,8H2. The fourth-order valence-electron chi connectivity index (χ4n) is 1.77. The van der Waals surface area contributed by atoms with Crippen LogP contribution in [0.1, 0.15) is 0 Å². The molecule has 1 saturated heterocycles. The van der Waals surface area contributed by atoms with E-state index in [1.54, 1.807) is 12.1 Å². The van der Waals surface area contributed by atoms with Gasteiger partial charge in [-0.3, -0.25) is 0 Å². The average Bonchev–Trinajstić information content (AvgIpc) is 3.09. The molecule has 1 aliphatic heterocycles. The highest BCUT2D eigenvalue weighted by molar-refractivity contribution is 5.83. The summed E-state index contributed by atoms with van der Waals surface area (Å²) in [6.45, 7) is -0.455. The number of alkyl halides is 3. The van der Waals surface area contributed by atoms with Crippen molar-refractivity contribution in [3.05, 3.63) is 42.5 Å². The molecule has 3 rings (SSSR count). The highest BCUT2D eigenvalue weighted by Gasteiger charge is 2.69. The molecule has 0 aliphatic carbocycles. The number of epoxide rings is 1. The summed E-state index contributed by atoms with van der Waals surface area (Å²) in [5, 5.41) is 1.77. The lowest BCUT2D eigenvalue weighted by Gasteiger charge is -2.17. The van der Waals surface area contributed by atoms with Crippen LogP contribution in [0.5, 0.6) is 5.75 Å². The van der Waals surface area contributed by atoms with E-state index in [9.17, 15) is 13.2 Å². The molecule has 0 bridgehead atoms. The van der Waals surface area contributed by atoms with Gasteiger partial charge in [-0.05, 0) is 22.9 Å². The van der Waals surface area contributed by atoms with Crippen molar-refractivity contribution in [1.82, 2.24) is 0 Å². The number of ether oxygens (including phenoxy) is 2. The van der Waals surface area contributed by atoms with Crippen LogP contribution in [-0.2, 0) is 4.74 Å². The van der Waals surface area contributed by atoms with E-state index in [0.717, 1.165) is 10.8 Å². The highest BCUT2D eigenvalue weighted by Crippen LogP contribution is 2.45. The molecule has 0 N–H and O–H groups in total. The molecule has 2 aromatic carbocycles. The molecule has 0 spiro atoms. The molecule has 0 saturated carbocycles. The predicted octanol–water partition coefficient (Wildman–Crippen LogP) is 3.51. The Kier molecular flexibility index (Phi) is 2.28. The first-order chi connectivity index (χ1) is 8.50. The fourth-order valence-corrected chi connectivity index (χ4v) is 1.77. The van der Waals surface area contributed by atoms with Crippen LogP contribution < -0.4 is 4.74 Å². The lowest BCUT2D eigenvalue weighted by Crippen LogP contribution is -2.38. The van der Waals surface area contributed by atoms with Crippen LogP contribution in [-0.4, -0.2) is 18.6 Å². The largest absolute Gasteiger partial charge is 0.458 e. The second-order valence-electron chi connectivity index (χ2n) is 4.15. The van der Waals surface area contributed by atoms with Gasteiger partial charge in [0, 0.05) is 0 Å². The first kappa shape index (κ1) is 11.3. The molecule has 18 heavy (non-hydrogen) atoms. The smallest absolute Gasteiger partial charge is 0.451 e. The van der Waals surface area contributed by atoms with Gasteiger partial charge >= 0.3 is 12.0 Å². The average molecular weight is 254 g/mol. The van der Waals surface area contributed by atoms with Gasteiger partial charge in [-0.2, -0.15) is 13.2 Å². The predicted molar refractivity (Wildman–Crippen MR) is 59.3 cm³/mol. The molecule has 2 nitrogen and oxygen atoms in total. The Morgan fingerprint density at radius 3 is 2.33 bits per heavy atom. The molecule has 2 aromatic rings. The Morgan fingerprint density at radius 1 is 1.06 bits per heavy atom. The van der Waals surface area contributed by atoms with E-state index in [2.05, 4.69) is 4.74 Å². The maximum Gasteiger partial charge on any atom is 0.458 e. The molecule has 1 fully saturated rings. The van der Waals surface area contributed by atoms with Gasteiger partial charge in [0.15, 0.2) is 0 Å². The first-order valence-corrected chi connectivity index (χ1v) is 5.39. The summed E-state index contributed by atoms with van der Waals surface area (Å²) in [7, 11) is 0. The van der Waals surface area contributed by atoms with Gasteiger partial charge in [-0.25, -0.2) is 0 Å². The Balaban J connectivity index is 1.92. The molecule has 1 atom stereocenters. The topological polar surface area (TPSA) is 21.8 Å². The fraction of sp³-hybridized carbons (Fsp3) is 0.231. The van der Waals surface area contributed by atoms with Crippen molar-refractivity contribution >= 4 is 10.8 Å². The third-order valence-electron chi connectivity index (χ3n) is 2.84. The van der Waals surface area contributed by atoms with Gasteiger partial charge in [-0.1, -0.05) is 30.3 Å². The van der Waals surface area contributed by atoms with Gasteiger partial charge in [0.1, 0.15) is 12.4 Å². The van der Waals surface area contributed by atoms with Crippen LogP contribution in [0.15, 0.2) is 42.5 Å². The van der Waals surface area contributed by atoms with Gasteiger partial charge in [0.05, 0.1) is 0 Å². The van der Waals surface area contributed by atoms with Crippen molar-refractivity contribution in [2.75, 3.05) is 6.61 Å². The van der Waals surface area contributed by atoms with Gasteiger partial charge in [0.2, 0.25) is 0 Å². The zero-order valence-electron chi connectivity index (χ0n) is 9.20. The van der Waals surface area contributed by atoms with Crippen LogP contribution in [0.3, 0.4) is 0 Å². The molecule has 0 amide bonds. The van der Waals surface area contributed by atoms with E-state index in [1.165, 1.54) is 6.07 Å². The van der Waals surface area contributed by atoms with E-state index in [0.29, 0.717) is 0 Å². The van der Waals surface area contributed by atoms with Crippen LogP contribution >= 0.6 is 0 Å². The quantitative estimate of drug-likeness (QED) is 0.765. The minimum absolute atomic E-state index is 0.156. The summed E-state index contributed by atoms with van der Waals surface area (Å²) in [4.78, 5) is 0. The van der Waals surface area contributed by atoms with Gasteiger partial charge < -0.3 is 9.47 Å². The lowest BCUT2D eigenvalue weighted by atomic mass is 10.1. The van der Waals surface area contributed by atoms with Crippen molar-refractivity contribution in [2.45, 2.75) is 12.0 Å². The van der Waals surface area contributed by atoms with Crippen molar-refractivity contribution in [3.8, 4) is 5.75 Å². The molecule has 1 heterocycles. The monoisotopic (exact) mass is 254 g/mol. The third kappa shape index (κ3) is 1.80. The molecule has 1 aliphatic rings. The summed E-state index contributed by atoms with van der Waals surface area (Å²) in [5.74, 6) is -2.29. The minimum Gasteiger partial charge on any atom is -0.451 e. The normalized spacial score (nSPS) is 23.1. The summed E-state index contributed by atoms with van der Waals surface area (Å²) in [6.07, 6.45) is -4.52. The summed E-state index contributed by atoms with van der Waals surface area (Å²) >= 11 is 0. The van der Waals surface area contributed by atoms with E-state index in [-0.39, 0.29) is 5.75 Å².